The molecule has 2 unspecified atom stereocenters. The number of aliphatic imine (C=N–C) groups is 1. The smallest absolute Gasteiger partial charge is 0.240 e. The van der Waals surface area contributed by atoms with Gasteiger partial charge in [0.1, 0.15) is 5.54 Å². The van der Waals surface area contributed by atoms with Gasteiger partial charge in [-0.2, -0.15) is 0 Å². The molecule has 40 heavy (non-hydrogen) atoms. The maximum Gasteiger partial charge on any atom is 0.240 e. The van der Waals surface area contributed by atoms with Crippen molar-refractivity contribution >= 4 is 41.3 Å². The van der Waals surface area contributed by atoms with Crippen LogP contribution < -0.4 is 9.80 Å². The van der Waals surface area contributed by atoms with Gasteiger partial charge in [0.2, 0.25) is 23.6 Å². The first kappa shape index (κ1) is 23.1. The van der Waals surface area contributed by atoms with Crippen molar-refractivity contribution in [3.63, 3.8) is 0 Å². The minimum absolute atomic E-state index is 0.329. The number of carbonyl (C=O) groups excluding carboxylic acids is 4. The number of carbonyl (C=O) groups is 4. The second kappa shape index (κ2) is 8.08. The van der Waals surface area contributed by atoms with Gasteiger partial charge in [0.25, 0.3) is 0 Å². The second-order valence-corrected chi connectivity index (χ2v) is 11.0. The van der Waals surface area contributed by atoms with E-state index in [1.807, 2.05) is 53.4 Å². The van der Waals surface area contributed by atoms with E-state index < -0.39 is 35.1 Å². The number of para-hydroxylation sites is 2. The van der Waals surface area contributed by atoms with Gasteiger partial charge in [0, 0.05) is 12.5 Å². The van der Waals surface area contributed by atoms with Gasteiger partial charge in [-0.3, -0.25) is 19.2 Å². The van der Waals surface area contributed by atoms with Crippen LogP contribution >= 0.6 is 0 Å². The summed E-state index contributed by atoms with van der Waals surface area (Å²) in [5.41, 5.74) is 1.30. The molecule has 4 amide bonds. The minimum Gasteiger partial charge on any atom is -0.345 e. The summed E-state index contributed by atoms with van der Waals surface area (Å²) in [7, 11) is 0. The molecule has 6 aliphatic rings. The highest BCUT2D eigenvalue weighted by Gasteiger charge is 2.79. The molecule has 3 aromatic carbocycles. The van der Waals surface area contributed by atoms with Crippen LogP contribution in [0, 0.1) is 29.6 Å². The zero-order valence-corrected chi connectivity index (χ0v) is 21.3. The maximum atomic E-state index is 14.4. The monoisotopic (exact) mass is 528 g/mol. The number of hydrogen-bond acceptors (Lipinski definition) is 6. The Morgan fingerprint density at radius 3 is 1.60 bits per heavy atom. The summed E-state index contributed by atoms with van der Waals surface area (Å²) in [5, 5.41) is 0. The van der Waals surface area contributed by atoms with E-state index in [4.69, 9.17) is 4.99 Å². The molecular formula is C32H24N4O4. The van der Waals surface area contributed by atoms with Gasteiger partial charge in [-0.05, 0) is 29.8 Å². The molecule has 0 aromatic heterocycles. The van der Waals surface area contributed by atoms with Crippen molar-refractivity contribution in [2.75, 3.05) is 9.80 Å². The molecule has 3 heterocycles. The van der Waals surface area contributed by atoms with Crippen LogP contribution in [0.2, 0.25) is 0 Å². The lowest BCUT2D eigenvalue weighted by molar-refractivity contribution is -0.148. The molecule has 2 bridgehead atoms. The highest BCUT2D eigenvalue weighted by atomic mass is 16.2. The van der Waals surface area contributed by atoms with Crippen LogP contribution in [0.3, 0.4) is 0 Å². The van der Waals surface area contributed by atoms with Gasteiger partial charge in [-0.25, -0.2) is 14.8 Å². The van der Waals surface area contributed by atoms with E-state index in [1.54, 1.807) is 54.9 Å². The summed E-state index contributed by atoms with van der Waals surface area (Å²) in [6.07, 6.45) is 3.58. The number of imide groups is 2. The van der Waals surface area contributed by atoms with Crippen molar-refractivity contribution in [2.24, 2.45) is 34.6 Å². The van der Waals surface area contributed by atoms with Crippen molar-refractivity contribution in [3.05, 3.63) is 108 Å². The largest absolute Gasteiger partial charge is 0.345 e. The lowest BCUT2D eigenvalue weighted by Crippen LogP contribution is -2.69. The Kier molecular flexibility index (Phi) is 4.66. The normalized spacial score (nSPS) is 31.6. The summed E-state index contributed by atoms with van der Waals surface area (Å²) in [6, 6.07) is 27.5. The van der Waals surface area contributed by atoms with E-state index in [1.165, 1.54) is 9.80 Å². The lowest BCUT2D eigenvalue weighted by Gasteiger charge is -2.56. The predicted molar refractivity (Wildman–Crippen MR) is 147 cm³/mol. The Hall–Kier alpha value is -4.85. The number of hydrogen-bond donors (Lipinski definition) is 0. The molecule has 1 saturated carbocycles. The fourth-order valence-corrected chi connectivity index (χ4v) is 7.84. The fourth-order valence-electron chi connectivity index (χ4n) is 7.84. The van der Waals surface area contributed by atoms with Gasteiger partial charge < -0.3 is 4.90 Å². The van der Waals surface area contributed by atoms with Crippen LogP contribution in [0.5, 0.6) is 0 Å². The van der Waals surface area contributed by atoms with Gasteiger partial charge in [0.15, 0.2) is 0 Å². The third kappa shape index (κ3) is 2.72. The third-order valence-corrected chi connectivity index (χ3v) is 9.28. The first-order valence-corrected chi connectivity index (χ1v) is 13.5. The highest BCUT2D eigenvalue weighted by molar-refractivity contribution is 6.27. The molecule has 3 aromatic rings. The zero-order valence-electron chi connectivity index (χ0n) is 21.3. The maximum absolute atomic E-state index is 14.4. The van der Waals surface area contributed by atoms with Crippen molar-refractivity contribution in [3.8, 4) is 0 Å². The van der Waals surface area contributed by atoms with Gasteiger partial charge >= 0.3 is 0 Å². The SMILES string of the molecule is O=C1[C@@H]2C3C=C4N=CN(Cc5ccccc5)C4([C@@H]2C(=O)N1c1ccccc1)[C@H]1C(=O)N(c2ccccc2)C(=O)[C@@H]31. The number of amides is 4. The van der Waals surface area contributed by atoms with Gasteiger partial charge in [-0.1, -0.05) is 72.8 Å². The molecule has 9 rings (SSSR count). The Morgan fingerprint density at radius 1 is 0.625 bits per heavy atom. The molecule has 6 atom stereocenters. The quantitative estimate of drug-likeness (QED) is 0.484. The minimum atomic E-state index is -1.26. The van der Waals surface area contributed by atoms with Crippen molar-refractivity contribution in [1.29, 1.82) is 0 Å². The van der Waals surface area contributed by atoms with Crippen molar-refractivity contribution < 1.29 is 19.2 Å². The van der Waals surface area contributed by atoms with E-state index in [2.05, 4.69) is 0 Å². The van der Waals surface area contributed by atoms with Gasteiger partial charge in [0.05, 0.1) is 47.1 Å². The Morgan fingerprint density at radius 2 is 1.10 bits per heavy atom. The average molecular weight is 529 g/mol. The lowest BCUT2D eigenvalue weighted by atomic mass is 9.49. The van der Waals surface area contributed by atoms with Gasteiger partial charge in [-0.15, -0.1) is 0 Å². The van der Waals surface area contributed by atoms with E-state index in [9.17, 15) is 19.2 Å². The molecule has 8 nitrogen and oxygen atoms in total. The summed E-state index contributed by atoms with van der Waals surface area (Å²) in [4.78, 5) is 66.2. The number of anilines is 2. The molecule has 2 saturated heterocycles. The Bertz CT molecular complexity index is 1570. The summed E-state index contributed by atoms with van der Waals surface area (Å²) < 4.78 is 0. The molecule has 3 aliphatic heterocycles. The molecule has 8 heteroatoms. The standard InChI is InChI=1S/C32H24N4O4/c37-28-24-22-16-23-32(34(18-33-23)17-19-10-4-1-5-11-19,26(24)30(39)35(28)20-12-6-2-7-13-20)27-25(22)29(38)36(31(27)40)21-14-8-3-9-15-21/h1-16,18,22,24-27H,17H2/t22?,24-,25+,26+,27-,32?. The fraction of sp³-hybridized carbons (Fsp3) is 0.219. The number of allylic oxidation sites excluding steroid dienone is 1. The number of rotatable bonds is 4. The Labute approximate surface area is 230 Å². The first-order valence-electron chi connectivity index (χ1n) is 13.5. The molecule has 3 aliphatic carbocycles. The van der Waals surface area contributed by atoms with E-state index in [0.717, 1.165) is 5.56 Å². The van der Waals surface area contributed by atoms with Crippen LogP contribution in [0.4, 0.5) is 11.4 Å². The van der Waals surface area contributed by atoms with E-state index in [-0.39, 0.29) is 23.6 Å². The number of benzene rings is 3. The molecule has 3 fully saturated rings. The molecule has 196 valence electrons. The molecule has 0 radical (unpaired) electrons. The summed E-state index contributed by atoms with van der Waals surface area (Å²) in [6.45, 7) is 0.373. The predicted octanol–water partition coefficient (Wildman–Crippen LogP) is 3.41. The van der Waals surface area contributed by atoms with E-state index >= 15 is 0 Å². The summed E-state index contributed by atoms with van der Waals surface area (Å²) >= 11 is 0. The molecule has 0 N–H and O–H groups in total. The van der Waals surface area contributed by atoms with Crippen LogP contribution in [0.25, 0.3) is 0 Å². The van der Waals surface area contributed by atoms with Crippen LogP contribution in [-0.4, -0.2) is 40.4 Å². The van der Waals surface area contributed by atoms with Crippen molar-refractivity contribution in [2.45, 2.75) is 12.1 Å². The highest BCUT2D eigenvalue weighted by Crippen LogP contribution is 2.66. The molecule has 1 spiro atoms. The van der Waals surface area contributed by atoms with Crippen LogP contribution in [0.1, 0.15) is 5.56 Å². The topological polar surface area (TPSA) is 90.4 Å². The van der Waals surface area contributed by atoms with Crippen molar-refractivity contribution in [1.82, 2.24) is 4.90 Å². The third-order valence-electron chi connectivity index (χ3n) is 9.28. The Balaban J connectivity index is 1.33. The average Bonchev–Trinajstić information content (AvgIpc) is 3.58. The molecular weight excluding hydrogens is 504 g/mol. The second-order valence-electron chi connectivity index (χ2n) is 11.0. The number of nitrogens with zero attached hydrogens (tertiary/aromatic N) is 4. The summed E-state index contributed by atoms with van der Waals surface area (Å²) in [5.74, 6) is -5.23. The zero-order chi connectivity index (χ0) is 27.2. The van der Waals surface area contributed by atoms with Crippen LogP contribution in [-0.2, 0) is 25.7 Å². The van der Waals surface area contributed by atoms with E-state index in [0.29, 0.717) is 23.6 Å². The first-order chi connectivity index (χ1) is 19.5. The van der Waals surface area contributed by atoms with Crippen LogP contribution in [0.15, 0.2) is 108 Å².